The highest BCUT2D eigenvalue weighted by molar-refractivity contribution is 6.33. The molecule has 0 aliphatic rings. The van der Waals surface area contributed by atoms with E-state index in [0.717, 1.165) is 0 Å². The average Bonchev–Trinajstić information content (AvgIpc) is 2.36. The number of hydrogen-bond donors (Lipinski definition) is 2. The van der Waals surface area contributed by atoms with E-state index in [2.05, 4.69) is 5.32 Å². The van der Waals surface area contributed by atoms with Crippen LogP contribution in [0.1, 0.15) is 26.7 Å². The lowest BCUT2D eigenvalue weighted by molar-refractivity contribution is -0.384. The molecule has 0 saturated heterocycles. The number of nitro benzene ring substituents is 1. The number of non-ortho nitro benzene ring substituents is 1. The SMILES string of the molecule is CCC(O)(CC)CNc1ccc([N+](=O)[O-])cc1Cl. The second-order valence-electron chi connectivity index (χ2n) is 4.21. The molecule has 18 heavy (non-hydrogen) atoms. The molecule has 1 aromatic carbocycles. The molecule has 0 fully saturated rings. The van der Waals surface area contributed by atoms with Crippen molar-refractivity contribution >= 4 is 23.0 Å². The first-order valence-electron chi connectivity index (χ1n) is 5.82. The summed E-state index contributed by atoms with van der Waals surface area (Å²) in [5.41, 5.74) is -0.250. The molecule has 100 valence electrons. The van der Waals surface area contributed by atoms with E-state index < -0.39 is 10.5 Å². The van der Waals surface area contributed by atoms with Crippen molar-refractivity contribution in [2.24, 2.45) is 0 Å². The van der Waals surface area contributed by atoms with E-state index in [-0.39, 0.29) is 10.7 Å². The van der Waals surface area contributed by atoms with Gasteiger partial charge in [-0.2, -0.15) is 0 Å². The number of nitrogens with one attached hydrogen (secondary N) is 1. The number of anilines is 1. The van der Waals surface area contributed by atoms with Gasteiger partial charge in [0.05, 0.1) is 21.2 Å². The Balaban J connectivity index is 2.77. The van der Waals surface area contributed by atoms with E-state index >= 15 is 0 Å². The van der Waals surface area contributed by atoms with Crippen LogP contribution in [0, 0.1) is 10.1 Å². The fourth-order valence-electron chi connectivity index (χ4n) is 1.52. The third-order valence-electron chi connectivity index (χ3n) is 3.09. The molecule has 1 rings (SSSR count). The van der Waals surface area contributed by atoms with Crippen molar-refractivity contribution in [3.8, 4) is 0 Å². The van der Waals surface area contributed by atoms with Gasteiger partial charge in [-0.05, 0) is 18.9 Å². The third kappa shape index (κ3) is 3.58. The number of aliphatic hydroxyl groups is 1. The van der Waals surface area contributed by atoms with Crippen molar-refractivity contribution in [2.75, 3.05) is 11.9 Å². The molecular formula is C12H17ClN2O3. The van der Waals surface area contributed by atoms with Crippen molar-refractivity contribution in [3.63, 3.8) is 0 Å². The zero-order valence-corrected chi connectivity index (χ0v) is 11.2. The van der Waals surface area contributed by atoms with Crippen LogP contribution >= 0.6 is 11.6 Å². The largest absolute Gasteiger partial charge is 0.388 e. The molecule has 0 radical (unpaired) electrons. The highest BCUT2D eigenvalue weighted by Crippen LogP contribution is 2.27. The molecule has 0 aliphatic heterocycles. The second-order valence-corrected chi connectivity index (χ2v) is 4.61. The molecule has 0 saturated carbocycles. The summed E-state index contributed by atoms with van der Waals surface area (Å²) in [4.78, 5) is 10.1. The van der Waals surface area contributed by atoms with Crippen LogP contribution in [-0.4, -0.2) is 22.2 Å². The molecule has 1 aromatic rings. The molecule has 2 N–H and O–H groups in total. The lowest BCUT2D eigenvalue weighted by atomic mass is 9.97. The number of nitrogens with zero attached hydrogens (tertiary/aromatic N) is 1. The Hall–Kier alpha value is -1.33. The number of hydrogen-bond acceptors (Lipinski definition) is 4. The van der Waals surface area contributed by atoms with Gasteiger partial charge in [-0.1, -0.05) is 25.4 Å². The van der Waals surface area contributed by atoms with Crippen molar-refractivity contribution in [3.05, 3.63) is 33.3 Å². The Morgan fingerprint density at radius 2 is 2.06 bits per heavy atom. The molecule has 0 amide bonds. The maximum absolute atomic E-state index is 10.6. The van der Waals surface area contributed by atoms with E-state index in [1.165, 1.54) is 12.1 Å². The molecule has 0 aliphatic carbocycles. The normalized spacial score (nSPS) is 11.3. The molecule has 0 unspecified atom stereocenters. The summed E-state index contributed by atoms with van der Waals surface area (Å²) >= 11 is 5.94. The van der Waals surface area contributed by atoms with Gasteiger partial charge in [0.2, 0.25) is 0 Å². The summed E-state index contributed by atoms with van der Waals surface area (Å²) in [6, 6.07) is 4.22. The van der Waals surface area contributed by atoms with Crippen LogP contribution in [0.3, 0.4) is 0 Å². The second kappa shape index (κ2) is 6.02. The van der Waals surface area contributed by atoms with Crippen LogP contribution in [0.2, 0.25) is 5.02 Å². The number of halogens is 1. The van der Waals surface area contributed by atoms with Crippen molar-refractivity contribution < 1.29 is 10.0 Å². The van der Waals surface area contributed by atoms with Crippen LogP contribution in [-0.2, 0) is 0 Å². The first-order chi connectivity index (χ1) is 8.41. The maximum atomic E-state index is 10.6. The lowest BCUT2D eigenvalue weighted by Crippen LogP contribution is -2.35. The Kier molecular flexibility index (Phi) is 4.93. The molecule has 0 atom stereocenters. The summed E-state index contributed by atoms with van der Waals surface area (Å²) in [6.07, 6.45) is 1.25. The summed E-state index contributed by atoms with van der Waals surface area (Å²) in [5, 5.41) is 24.0. The average molecular weight is 273 g/mol. The fourth-order valence-corrected chi connectivity index (χ4v) is 1.76. The smallest absolute Gasteiger partial charge is 0.271 e. The summed E-state index contributed by atoms with van der Waals surface area (Å²) in [7, 11) is 0. The molecule has 0 bridgehead atoms. The highest BCUT2D eigenvalue weighted by atomic mass is 35.5. The van der Waals surface area contributed by atoms with E-state index in [1.54, 1.807) is 6.07 Å². The first kappa shape index (κ1) is 14.7. The molecule has 0 spiro atoms. The molecular weight excluding hydrogens is 256 g/mol. The minimum atomic E-state index is -0.787. The standard InChI is InChI=1S/C12H17ClN2O3/c1-3-12(16,4-2)8-14-11-6-5-9(15(17)18)7-10(11)13/h5-7,14,16H,3-4,8H2,1-2H3. The maximum Gasteiger partial charge on any atom is 0.271 e. The Labute approximate surface area is 111 Å². The first-order valence-corrected chi connectivity index (χ1v) is 6.20. The topological polar surface area (TPSA) is 75.4 Å². The summed E-state index contributed by atoms with van der Waals surface area (Å²) in [5.74, 6) is 0. The zero-order valence-electron chi connectivity index (χ0n) is 10.4. The Morgan fingerprint density at radius 1 is 1.44 bits per heavy atom. The number of benzene rings is 1. The number of nitro groups is 1. The van der Waals surface area contributed by atoms with Gasteiger partial charge in [-0.25, -0.2) is 0 Å². The molecule has 0 aromatic heterocycles. The highest BCUT2D eigenvalue weighted by Gasteiger charge is 2.22. The van der Waals surface area contributed by atoms with Gasteiger partial charge in [-0.15, -0.1) is 0 Å². The lowest BCUT2D eigenvalue weighted by Gasteiger charge is -2.26. The van der Waals surface area contributed by atoms with Gasteiger partial charge >= 0.3 is 0 Å². The summed E-state index contributed by atoms with van der Waals surface area (Å²) in [6.45, 7) is 4.17. The Bertz CT molecular complexity index is 433. The van der Waals surface area contributed by atoms with Crippen LogP contribution in [0.5, 0.6) is 0 Å². The Morgan fingerprint density at radius 3 is 2.50 bits per heavy atom. The van der Waals surface area contributed by atoms with Crippen molar-refractivity contribution in [2.45, 2.75) is 32.3 Å². The van der Waals surface area contributed by atoms with Crippen molar-refractivity contribution in [1.29, 1.82) is 0 Å². The minimum absolute atomic E-state index is 0.0493. The van der Waals surface area contributed by atoms with Crippen LogP contribution < -0.4 is 5.32 Å². The zero-order chi connectivity index (χ0) is 13.8. The van der Waals surface area contributed by atoms with Gasteiger partial charge < -0.3 is 10.4 Å². The van der Waals surface area contributed by atoms with E-state index in [9.17, 15) is 15.2 Å². The van der Waals surface area contributed by atoms with Gasteiger partial charge in [-0.3, -0.25) is 10.1 Å². The van der Waals surface area contributed by atoms with Crippen LogP contribution in [0.25, 0.3) is 0 Å². The monoisotopic (exact) mass is 272 g/mol. The minimum Gasteiger partial charge on any atom is -0.388 e. The van der Waals surface area contributed by atoms with E-state index in [4.69, 9.17) is 11.6 Å². The third-order valence-corrected chi connectivity index (χ3v) is 3.40. The van der Waals surface area contributed by atoms with Crippen molar-refractivity contribution in [1.82, 2.24) is 0 Å². The van der Waals surface area contributed by atoms with Crippen LogP contribution in [0.4, 0.5) is 11.4 Å². The fraction of sp³-hybridized carbons (Fsp3) is 0.500. The quantitative estimate of drug-likeness (QED) is 0.616. The molecule has 0 heterocycles. The van der Waals surface area contributed by atoms with Gasteiger partial charge in [0.15, 0.2) is 0 Å². The van der Waals surface area contributed by atoms with Gasteiger partial charge in [0.1, 0.15) is 0 Å². The van der Waals surface area contributed by atoms with Crippen LogP contribution in [0.15, 0.2) is 18.2 Å². The van der Waals surface area contributed by atoms with E-state index in [1.807, 2.05) is 13.8 Å². The molecule has 5 nitrogen and oxygen atoms in total. The summed E-state index contributed by atoms with van der Waals surface area (Å²) < 4.78 is 0. The van der Waals surface area contributed by atoms with Gasteiger partial charge in [0, 0.05) is 18.7 Å². The predicted octanol–water partition coefficient (Wildman–Crippen LogP) is 3.21. The predicted molar refractivity (Wildman–Crippen MR) is 72.1 cm³/mol. The molecule has 6 heteroatoms. The van der Waals surface area contributed by atoms with Gasteiger partial charge in [0.25, 0.3) is 5.69 Å². The number of rotatable bonds is 6. The van der Waals surface area contributed by atoms with E-state index in [0.29, 0.717) is 25.1 Å².